The van der Waals surface area contributed by atoms with E-state index in [2.05, 4.69) is 34.0 Å². The van der Waals surface area contributed by atoms with Gasteiger partial charge in [-0.2, -0.15) is 0 Å². The first-order chi connectivity index (χ1) is 11.5. The van der Waals surface area contributed by atoms with Crippen LogP contribution in [-0.4, -0.2) is 52.6 Å². The molecule has 1 aromatic heterocycles. The van der Waals surface area contributed by atoms with Gasteiger partial charge in [-0.1, -0.05) is 11.6 Å². The average molecular weight is 351 g/mol. The van der Waals surface area contributed by atoms with Gasteiger partial charge in [-0.3, -0.25) is 9.69 Å². The summed E-state index contributed by atoms with van der Waals surface area (Å²) in [6.45, 7) is 7.10. The molecule has 1 saturated heterocycles. The maximum absolute atomic E-state index is 12.2. The lowest BCUT2D eigenvalue weighted by Crippen LogP contribution is -2.47. The van der Waals surface area contributed by atoms with Crippen molar-refractivity contribution in [2.75, 3.05) is 19.7 Å². The molecule has 0 radical (unpaired) electrons. The van der Waals surface area contributed by atoms with E-state index >= 15 is 0 Å². The molecule has 1 aliphatic rings. The highest BCUT2D eigenvalue weighted by Crippen LogP contribution is 2.17. The summed E-state index contributed by atoms with van der Waals surface area (Å²) in [5, 5.41) is 3.56. The second kappa shape index (κ2) is 7.51. The Morgan fingerprint density at radius 2 is 2.38 bits per heavy atom. The van der Waals surface area contributed by atoms with E-state index in [1.54, 1.807) is 6.07 Å². The molecule has 1 fully saturated rings. The van der Waals surface area contributed by atoms with Crippen molar-refractivity contribution in [3.63, 3.8) is 0 Å². The maximum Gasteiger partial charge on any atom is 0.223 e. The number of rotatable bonds is 5. The van der Waals surface area contributed by atoms with Crippen LogP contribution in [0.25, 0.3) is 11.0 Å². The van der Waals surface area contributed by atoms with E-state index < -0.39 is 0 Å². The number of aromatic nitrogens is 2. The van der Waals surface area contributed by atoms with E-state index in [-0.39, 0.29) is 12.0 Å². The van der Waals surface area contributed by atoms with Gasteiger partial charge < -0.3 is 15.0 Å². The van der Waals surface area contributed by atoms with Crippen molar-refractivity contribution < 1.29 is 9.53 Å². The molecule has 2 aromatic rings. The molecule has 0 bridgehead atoms. The maximum atomic E-state index is 12.2. The minimum Gasteiger partial charge on any atom is -0.375 e. The molecule has 2 N–H and O–H groups in total. The van der Waals surface area contributed by atoms with Crippen molar-refractivity contribution in [2.45, 2.75) is 39.0 Å². The molecular weight excluding hydrogens is 328 g/mol. The van der Waals surface area contributed by atoms with E-state index in [0.717, 1.165) is 24.1 Å². The summed E-state index contributed by atoms with van der Waals surface area (Å²) in [5.74, 6) is 0.693. The SMILES string of the molecule is CC(C)N1CCO[C@H](CC(=O)NCc2nc3ccc(Cl)cc3[nH]2)C1. The number of halogens is 1. The number of nitrogens with one attached hydrogen (secondary N) is 2. The fourth-order valence-electron chi connectivity index (χ4n) is 2.91. The molecule has 1 aromatic carbocycles. The Balaban J connectivity index is 1.51. The molecule has 2 heterocycles. The molecule has 130 valence electrons. The van der Waals surface area contributed by atoms with E-state index in [4.69, 9.17) is 16.3 Å². The number of aromatic amines is 1. The van der Waals surface area contributed by atoms with Gasteiger partial charge in [0.1, 0.15) is 5.82 Å². The van der Waals surface area contributed by atoms with Crippen LogP contribution in [0.15, 0.2) is 18.2 Å². The molecular formula is C17H23ClN4O2. The zero-order chi connectivity index (χ0) is 17.1. The number of carbonyl (C=O) groups is 1. The van der Waals surface area contributed by atoms with Gasteiger partial charge in [0.25, 0.3) is 0 Å². The number of ether oxygens (including phenoxy) is 1. The van der Waals surface area contributed by atoms with E-state index in [0.29, 0.717) is 36.5 Å². The highest BCUT2D eigenvalue weighted by atomic mass is 35.5. The molecule has 24 heavy (non-hydrogen) atoms. The Hall–Kier alpha value is -1.63. The number of H-pyrrole nitrogens is 1. The molecule has 1 atom stereocenters. The zero-order valence-electron chi connectivity index (χ0n) is 14.0. The number of fused-ring (bicyclic) bond motifs is 1. The van der Waals surface area contributed by atoms with Gasteiger partial charge in [0, 0.05) is 24.2 Å². The van der Waals surface area contributed by atoms with Crippen LogP contribution in [0.2, 0.25) is 5.02 Å². The normalized spacial score (nSPS) is 19.1. The average Bonchev–Trinajstić information content (AvgIpc) is 2.95. The summed E-state index contributed by atoms with van der Waals surface area (Å²) in [6, 6.07) is 5.96. The molecule has 1 aliphatic heterocycles. The molecule has 7 heteroatoms. The van der Waals surface area contributed by atoms with Gasteiger partial charge >= 0.3 is 0 Å². The lowest BCUT2D eigenvalue weighted by Gasteiger charge is -2.35. The number of carbonyl (C=O) groups excluding carboxylic acids is 1. The molecule has 0 saturated carbocycles. The summed E-state index contributed by atoms with van der Waals surface area (Å²) in [5.41, 5.74) is 1.71. The fraction of sp³-hybridized carbons (Fsp3) is 0.529. The van der Waals surface area contributed by atoms with Crippen LogP contribution in [0.4, 0.5) is 0 Å². The third kappa shape index (κ3) is 4.26. The number of benzene rings is 1. The van der Waals surface area contributed by atoms with Crippen molar-refractivity contribution in [1.29, 1.82) is 0 Å². The van der Waals surface area contributed by atoms with Crippen LogP contribution in [-0.2, 0) is 16.1 Å². The number of hydrogen-bond acceptors (Lipinski definition) is 4. The van der Waals surface area contributed by atoms with Crippen LogP contribution in [0, 0.1) is 0 Å². The molecule has 0 spiro atoms. The number of imidazole rings is 1. The molecule has 0 unspecified atom stereocenters. The van der Waals surface area contributed by atoms with E-state index in [9.17, 15) is 4.79 Å². The van der Waals surface area contributed by atoms with E-state index in [1.165, 1.54) is 0 Å². The largest absolute Gasteiger partial charge is 0.375 e. The Morgan fingerprint density at radius 3 is 3.17 bits per heavy atom. The van der Waals surface area contributed by atoms with Crippen molar-refractivity contribution in [2.24, 2.45) is 0 Å². The Bertz CT molecular complexity index is 716. The zero-order valence-corrected chi connectivity index (χ0v) is 14.8. The number of morpholine rings is 1. The van der Waals surface area contributed by atoms with Crippen molar-refractivity contribution in [3.8, 4) is 0 Å². The minimum absolute atomic E-state index is 0.0240. The standard InChI is InChI=1S/C17H23ClN4O2/c1-11(2)22-5-6-24-13(10-22)8-17(23)19-9-16-20-14-4-3-12(18)7-15(14)21-16/h3-4,7,11,13H,5-6,8-10H2,1-2H3,(H,19,23)(H,20,21)/t13-/m1/s1. The third-order valence-electron chi connectivity index (χ3n) is 4.26. The Labute approximate surface area is 146 Å². The van der Waals surface area contributed by atoms with E-state index in [1.807, 2.05) is 12.1 Å². The predicted molar refractivity (Wildman–Crippen MR) is 94.0 cm³/mol. The van der Waals surface area contributed by atoms with Crippen molar-refractivity contribution in [3.05, 3.63) is 29.0 Å². The van der Waals surface area contributed by atoms with Gasteiger partial charge in [-0.05, 0) is 32.0 Å². The Morgan fingerprint density at radius 1 is 1.54 bits per heavy atom. The van der Waals surface area contributed by atoms with Gasteiger partial charge in [0.05, 0.1) is 36.7 Å². The molecule has 0 aliphatic carbocycles. The van der Waals surface area contributed by atoms with Gasteiger partial charge in [0.2, 0.25) is 5.91 Å². The minimum atomic E-state index is -0.0457. The third-order valence-corrected chi connectivity index (χ3v) is 4.49. The smallest absolute Gasteiger partial charge is 0.223 e. The Kier molecular flexibility index (Phi) is 5.38. The van der Waals surface area contributed by atoms with Crippen LogP contribution in [0.1, 0.15) is 26.1 Å². The first kappa shape index (κ1) is 17.2. The highest BCUT2D eigenvalue weighted by molar-refractivity contribution is 6.31. The summed E-state index contributed by atoms with van der Waals surface area (Å²) in [6.07, 6.45) is 0.325. The predicted octanol–water partition coefficient (Wildman–Crippen LogP) is 2.33. The van der Waals surface area contributed by atoms with Crippen molar-refractivity contribution >= 4 is 28.5 Å². The van der Waals surface area contributed by atoms with Gasteiger partial charge in [-0.25, -0.2) is 4.98 Å². The molecule has 1 amide bonds. The number of nitrogens with zero attached hydrogens (tertiary/aromatic N) is 2. The summed E-state index contributed by atoms with van der Waals surface area (Å²) >= 11 is 5.96. The van der Waals surface area contributed by atoms with Crippen LogP contribution >= 0.6 is 11.6 Å². The summed E-state index contributed by atoms with van der Waals surface area (Å²) < 4.78 is 5.70. The first-order valence-electron chi connectivity index (χ1n) is 8.28. The fourth-order valence-corrected chi connectivity index (χ4v) is 3.09. The lowest BCUT2D eigenvalue weighted by molar-refractivity contribution is -0.126. The van der Waals surface area contributed by atoms with Crippen molar-refractivity contribution in [1.82, 2.24) is 20.2 Å². The first-order valence-corrected chi connectivity index (χ1v) is 8.65. The quantitative estimate of drug-likeness (QED) is 0.868. The number of amides is 1. The van der Waals surface area contributed by atoms with Crippen LogP contribution in [0.5, 0.6) is 0 Å². The number of hydrogen-bond donors (Lipinski definition) is 2. The second-order valence-corrected chi connectivity index (χ2v) is 6.84. The van der Waals surface area contributed by atoms with Crippen LogP contribution in [0.3, 0.4) is 0 Å². The topological polar surface area (TPSA) is 70.2 Å². The van der Waals surface area contributed by atoms with Gasteiger partial charge in [-0.15, -0.1) is 0 Å². The van der Waals surface area contributed by atoms with Gasteiger partial charge in [0.15, 0.2) is 0 Å². The summed E-state index contributed by atoms with van der Waals surface area (Å²) in [4.78, 5) is 22.1. The lowest BCUT2D eigenvalue weighted by atomic mass is 10.1. The molecule has 6 nitrogen and oxygen atoms in total. The molecule has 3 rings (SSSR count). The second-order valence-electron chi connectivity index (χ2n) is 6.41. The highest BCUT2D eigenvalue weighted by Gasteiger charge is 2.24. The monoisotopic (exact) mass is 350 g/mol. The van der Waals surface area contributed by atoms with Crippen LogP contribution < -0.4 is 5.32 Å². The summed E-state index contributed by atoms with van der Waals surface area (Å²) in [7, 11) is 0.